The molecule has 0 N–H and O–H groups in total. The smallest absolute Gasteiger partial charge is 0.334 e. The van der Waals surface area contributed by atoms with E-state index in [9.17, 15) is 4.79 Å². The molecule has 1 unspecified atom stereocenters. The summed E-state index contributed by atoms with van der Waals surface area (Å²) in [6.45, 7) is 9.47. The van der Waals surface area contributed by atoms with Gasteiger partial charge in [0.1, 0.15) is 6.10 Å². The van der Waals surface area contributed by atoms with Crippen molar-refractivity contribution in [3.8, 4) is 0 Å². The molecule has 0 aromatic rings. The zero-order chi connectivity index (χ0) is 9.30. The summed E-state index contributed by atoms with van der Waals surface area (Å²) in [6.07, 6.45) is 0.716. The van der Waals surface area contributed by atoms with Crippen molar-refractivity contribution in [2.75, 3.05) is 0 Å². The van der Waals surface area contributed by atoms with Crippen LogP contribution in [0.15, 0.2) is 23.3 Å². The number of hydrogen-bond acceptors (Lipinski definition) is 2. The fraction of sp³-hybridized carbons (Fsp3) is 0.500. The standard InChI is InChI=1S/C10H14O2/c1-6(2)5-9-7(3)10(11)12-8(9)4/h8H,1,5H2,2-4H3. The molecule has 1 rings (SSSR count). The maximum Gasteiger partial charge on any atom is 0.334 e. The van der Waals surface area contributed by atoms with Crippen molar-refractivity contribution in [3.63, 3.8) is 0 Å². The lowest BCUT2D eigenvalue weighted by Gasteiger charge is -2.07. The van der Waals surface area contributed by atoms with Gasteiger partial charge in [-0.25, -0.2) is 4.79 Å². The first-order valence-electron chi connectivity index (χ1n) is 4.07. The average Bonchev–Trinajstić information content (AvgIpc) is 2.16. The summed E-state index contributed by atoms with van der Waals surface area (Å²) in [5, 5.41) is 0. The van der Waals surface area contributed by atoms with Crippen LogP contribution in [0, 0.1) is 0 Å². The van der Waals surface area contributed by atoms with Crippen LogP contribution in [0.25, 0.3) is 0 Å². The predicted molar refractivity (Wildman–Crippen MR) is 47.7 cm³/mol. The van der Waals surface area contributed by atoms with Crippen LogP contribution in [0.5, 0.6) is 0 Å². The van der Waals surface area contributed by atoms with E-state index in [1.807, 2.05) is 20.8 Å². The molecule has 0 aromatic carbocycles. The van der Waals surface area contributed by atoms with Gasteiger partial charge in [-0.1, -0.05) is 12.2 Å². The van der Waals surface area contributed by atoms with Crippen LogP contribution in [-0.4, -0.2) is 12.1 Å². The summed E-state index contributed by atoms with van der Waals surface area (Å²) in [5.41, 5.74) is 2.90. The number of carbonyl (C=O) groups is 1. The van der Waals surface area contributed by atoms with Gasteiger partial charge < -0.3 is 4.74 Å². The largest absolute Gasteiger partial charge is 0.455 e. The average molecular weight is 166 g/mol. The summed E-state index contributed by atoms with van der Waals surface area (Å²) in [5.74, 6) is -0.182. The first-order valence-corrected chi connectivity index (χ1v) is 4.07. The Morgan fingerprint density at radius 1 is 1.67 bits per heavy atom. The monoisotopic (exact) mass is 166 g/mol. The van der Waals surface area contributed by atoms with E-state index in [-0.39, 0.29) is 12.1 Å². The minimum absolute atomic E-state index is 0.0609. The third kappa shape index (κ3) is 1.58. The molecule has 12 heavy (non-hydrogen) atoms. The minimum Gasteiger partial charge on any atom is -0.455 e. The summed E-state index contributed by atoms with van der Waals surface area (Å²) in [4.78, 5) is 11.1. The van der Waals surface area contributed by atoms with Crippen molar-refractivity contribution in [2.24, 2.45) is 0 Å². The van der Waals surface area contributed by atoms with Gasteiger partial charge in [0.05, 0.1) is 0 Å². The van der Waals surface area contributed by atoms with Crippen LogP contribution in [0.1, 0.15) is 27.2 Å². The number of ether oxygens (including phenoxy) is 1. The molecule has 0 aromatic heterocycles. The fourth-order valence-corrected chi connectivity index (χ4v) is 1.36. The Hall–Kier alpha value is -1.05. The normalized spacial score (nSPS) is 22.9. The Bertz CT molecular complexity index is 261. The van der Waals surface area contributed by atoms with Gasteiger partial charge in [-0.05, 0) is 32.8 Å². The molecule has 2 nitrogen and oxygen atoms in total. The highest BCUT2D eigenvalue weighted by atomic mass is 16.5. The lowest BCUT2D eigenvalue weighted by Crippen LogP contribution is -2.06. The Morgan fingerprint density at radius 2 is 2.25 bits per heavy atom. The Labute approximate surface area is 72.9 Å². The first-order chi connectivity index (χ1) is 5.52. The van der Waals surface area contributed by atoms with Gasteiger partial charge in [0.2, 0.25) is 0 Å². The molecule has 0 radical (unpaired) electrons. The van der Waals surface area contributed by atoms with Crippen molar-refractivity contribution < 1.29 is 9.53 Å². The molecular weight excluding hydrogens is 152 g/mol. The van der Waals surface area contributed by atoms with E-state index in [0.29, 0.717) is 0 Å². The zero-order valence-electron chi connectivity index (χ0n) is 7.81. The van der Waals surface area contributed by atoms with Gasteiger partial charge in [-0.2, -0.15) is 0 Å². The van der Waals surface area contributed by atoms with E-state index in [0.717, 1.165) is 23.1 Å². The lowest BCUT2D eigenvalue weighted by molar-refractivity contribution is -0.139. The second kappa shape index (κ2) is 3.13. The van der Waals surface area contributed by atoms with E-state index >= 15 is 0 Å². The van der Waals surface area contributed by atoms with Crippen molar-refractivity contribution in [1.29, 1.82) is 0 Å². The van der Waals surface area contributed by atoms with E-state index in [1.54, 1.807) is 0 Å². The molecule has 1 aliphatic rings. The molecule has 0 spiro atoms. The number of carbonyl (C=O) groups excluding carboxylic acids is 1. The third-order valence-corrected chi connectivity index (χ3v) is 2.05. The minimum atomic E-state index is -0.182. The number of esters is 1. The zero-order valence-corrected chi connectivity index (χ0v) is 7.81. The molecule has 1 atom stereocenters. The van der Waals surface area contributed by atoms with Crippen LogP contribution in [0.4, 0.5) is 0 Å². The maximum atomic E-state index is 11.1. The molecule has 0 saturated carbocycles. The van der Waals surface area contributed by atoms with Gasteiger partial charge in [0.15, 0.2) is 0 Å². The van der Waals surface area contributed by atoms with E-state index in [1.165, 1.54) is 0 Å². The number of allylic oxidation sites excluding steroid dienone is 1. The molecule has 66 valence electrons. The van der Waals surface area contributed by atoms with Crippen molar-refractivity contribution >= 4 is 5.97 Å². The van der Waals surface area contributed by atoms with Gasteiger partial charge in [-0.15, -0.1) is 0 Å². The van der Waals surface area contributed by atoms with Crippen LogP contribution in [-0.2, 0) is 9.53 Å². The van der Waals surface area contributed by atoms with E-state index < -0.39 is 0 Å². The summed E-state index contributed by atoms with van der Waals surface area (Å²) < 4.78 is 5.03. The Morgan fingerprint density at radius 3 is 2.58 bits per heavy atom. The van der Waals surface area contributed by atoms with Crippen molar-refractivity contribution in [2.45, 2.75) is 33.3 Å². The second-order valence-electron chi connectivity index (χ2n) is 3.33. The number of cyclic esters (lactones) is 1. The van der Waals surface area contributed by atoms with E-state index in [2.05, 4.69) is 6.58 Å². The molecular formula is C10H14O2. The Kier molecular flexibility index (Phi) is 2.36. The Balaban J connectivity index is 2.85. The lowest BCUT2D eigenvalue weighted by atomic mass is 10.0. The fourth-order valence-electron chi connectivity index (χ4n) is 1.36. The summed E-state index contributed by atoms with van der Waals surface area (Å²) in [6, 6.07) is 0. The summed E-state index contributed by atoms with van der Waals surface area (Å²) in [7, 11) is 0. The van der Waals surface area contributed by atoms with Crippen molar-refractivity contribution in [1.82, 2.24) is 0 Å². The van der Waals surface area contributed by atoms with Gasteiger partial charge in [-0.3, -0.25) is 0 Å². The highest BCUT2D eigenvalue weighted by molar-refractivity contribution is 5.91. The SMILES string of the molecule is C=C(C)CC1=C(C)C(=O)OC1C. The topological polar surface area (TPSA) is 26.3 Å². The molecule has 0 aliphatic carbocycles. The maximum absolute atomic E-state index is 11.1. The van der Waals surface area contributed by atoms with Gasteiger partial charge in [0, 0.05) is 5.57 Å². The molecule has 0 saturated heterocycles. The van der Waals surface area contributed by atoms with Crippen molar-refractivity contribution in [3.05, 3.63) is 23.3 Å². The highest BCUT2D eigenvalue weighted by Gasteiger charge is 2.27. The highest BCUT2D eigenvalue weighted by Crippen LogP contribution is 2.26. The number of rotatable bonds is 2. The third-order valence-electron chi connectivity index (χ3n) is 2.05. The molecule has 0 bridgehead atoms. The molecule has 0 amide bonds. The molecule has 0 fully saturated rings. The van der Waals surface area contributed by atoms with Crippen LogP contribution < -0.4 is 0 Å². The molecule has 2 heteroatoms. The van der Waals surface area contributed by atoms with Crippen LogP contribution in [0.2, 0.25) is 0 Å². The van der Waals surface area contributed by atoms with E-state index in [4.69, 9.17) is 4.74 Å². The molecule has 1 heterocycles. The number of hydrogen-bond donors (Lipinski definition) is 0. The van der Waals surface area contributed by atoms with Gasteiger partial charge >= 0.3 is 5.97 Å². The van der Waals surface area contributed by atoms with Crippen LogP contribution in [0.3, 0.4) is 0 Å². The first kappa shape index (κ1) is 9.04. The summed E-state index contributed by atoms with van der Waals surface area (Å²) >= 11 is 0. The second-order valence-corrected chi connectivity index (χ2v) is 3.33. The van der Waals surface area contributed by atoms with Gasteiger partial charge in [0.25, 0.3) is 0 Å². The van der Waals surface area contributed by atoms with Crippen LogP contribution >= 0.6 is 0 Å². The quantitative estimate of drug-likeness (QED) is 0.464. The predicted octanol–water partition coefficient (Wildman–Crippen LogP) is 2.21. The molecule has 1 aliphatic heterocycles.